The van der Waals surface area contributed by atoms with Crippen molar-refractivity contribution in [3.63, 3.8) is 0 Å². The zero-order valence-corrected chi connectivity index (χ0v) is 18.7. The van der Waals surface area contributed by atoms with E-state index in [1.165, 1.54) is 0 Å². The molecule has 0 N–H and O–H groups in total. The third-order valence-corrected chi connectivity index (χ3v) is 4.83. The average Bonchev–Trinajstić information content (AvgIpc) is 2.72. The molecule has 9 nitrogen and oxygen atoms in total. The van der Waals surface area contributed by atoms with Crippen LogP contribution in [0, 0.1) is 11.8 Å². The van der Waals surface area contributed by atoms with Crippen LogP contribution in [0.1, 0.15) is 27.7 Å². The van der Waals surface area contributed by atoms with Crippen molar-refractivity contribution in [3.05, 3.63) is 0 Å². The van der Waals surface area contributed by atoms with E-state index in [1.54, 1.807) is 28.4 Å². The van der Waals surface area contributed by atoms with Gasteiger partial charge in [0.25, 0.3) is 0 Å². The van der Waals surface area contributed by atoms with Crippen molar-refractivity contribution in [3.8, 4) is 0 Å². The average molecular weight is 411 g/mol. The third-order valence-electron chi connectivity index (χ3n) is 4.83. The Morgan fingerprint density at radius 3 is 1.21 bits per heavy atom. The lowest BCUT2D eigenvalue weighted by molar-refractivity contribution is 0.120. The Morgan fingerprint density at radius 2 is 0.931 bits per heavy atom. The summed E-state index contributed by atoms with van der Waals surface area (Å²) >= 11 is 0. The Bertz CT molecular complexity index is 616. The summed E-state index contributed by atoms with van der Waals surface area (Å²) in [5, 5.41) is 0. The first-order valence-electron chi connectivity index (χ1n) is 9.90. The molecule has 0 aromatic rings. The minimum atomic E-state index is -0.370. The van der Waals surface area contributed by atoms with Gasteiger partial charge in [-0.2, -0.15) is 0 Å². The number of aliphatic imine (C=N–C) groups is 4. The predicted octanol–water partition coefficient (Wildman–Crippen LogP) is 2.00. The number of hydrogen-bond acceptors (Lipinski definition) is 9. The van der Waals surface area contributed by atoms with Gasteiger partial charge < -0.3 is 23.7 Å². The van der Waals surface area contributed by atoms with Crippen molar-refractivity contribution in [1.82, 2.24) is 0 Å². The maximum absolute atomic E-state index is 5.91. The van der Waals surface area contributed by atoms with Gasteiger partial charge in [-0.3, -0.25) is 0 Å². The van der Waals surface area contributed by atoms with E-state index in [9.17, 15) is 0 Å². The summed E-state index contributed by atoms with van der Waals surface area (Å²) in [6.07, 6.45) is 0. The lowest BCUT2D eigenvalue weighted by Gasteiger charge is -2.28. The van der Waals surface area contributed by atoms with Crippen LogP contribution in [0.15, 0.2) is 20.0 Å². The maximum atomic E-state index is 5.91. The molecule has 2 heterocycles. The van der Waals surface area contributed by atoms with Gasteiger partial charge in [-0.25, -0.2) is 20.0 Å². The topological polar surface area (TPSA) is 95.6 Å². The lowest BCUT2D eigenvalue weighted by atomic mass is 10.0. The minimum absolute atomic E-state index is 0.154. The molecule has 0 bridgehead atoms. The molecule has 0 amide bonds. The van der Waals surface area contributed by atoms with E-state index in [4.69, 9.17) is 23.7 Å². The fourth-order valence-electron chi connectivity index (χ4n) is 3.23. The predicted molar refractivity (Wildman–Crippen MR) is 113 cm³/mol. The normalized spacial score (nSPS) is 27.1. The highest BCUT2D eigenvalue weighted by Gasteiger charge is 2.33. The fourth-order valence-corrected chi connectivity index (χ4v) is 3.23. The van der Waals surface area contributed by atoms with Crippen LogP contribution >= 0.6 is 0 Å². The molecule has 164 valence electrons. The highest BCUT2D eigenvalue weighted by molar-refractivity contribution is 5.95. The van der Waals surface area contributed by atoms with E-state index >= 15 is 0 Å². The van der Waals surface area contributed by atoms with Crippen LogP contribution in [0.3, 0.4) is 0 Å². The Labute approximate surface area is 173 Å². The maximum Gasteiger partial charge on any atom is 0.211 e. The molecule has 2 aliphatic heterocycles. The molecule has 0 saturated carbocycles. The first-order valence-corrected chi connectivity index (χ1v) is 9.90. The largest absolute Gasteiger partial charge is 0.483 e. The molecule has 0 radical (unpaired) electrons. The van der Waals surface area contributed by atoms with Gasteiger partial charge in [0.15, 0.2) is 12.1 Å². The number of ether oxygens (including phenoxy) is 5. The minimum Gasteiger partial charge on any atom is -0.483 e. The van der Waals surface area contributed by atoms with Gasteiger partial charge in [-0.05, 0) is 11.8 Å². The smallest absolute Gasteiger partial charge is 0.211 e. The van der Waals surface area contributed by atoms with E-state index in [0.29, 0.717) is 23.6 Å². The standard InChI is InChI=1S/C20H34N4O5/c1-11(2)15-19(27-7)21-13(17(23-15)25-5)9-29-10-14-18(26-6)24-16(12(3)4)20(22-14)28-8/h11-16H,9-10H2,1-8H3/t13-,14-,15+,16+/m0/s1. The van der Waals surface area contributed by atoms with Crippen LogP contribution in [0.2, 0.25) is 0 Å². The van der Waals surface area contributed by atoms with Gasteiger partial charge >= 0.3 is 0 Å². The number of nitrogens with zero attached hydrogens (tertiary/aromatic N) is 4. The molecule has 0 aromatic heterocycles. The van der Waals surface area contributed by atoms with E-state index in [0.717, 1.165) is 0 Å². The SMILES string of the molecule is COC1=N[C@H](C(C)C)C(OC)=N[C@H]1COC[C@@H]1N=C(OC)[C@@H](C(C)C)N=C1OC. The van der Waals surface area contributed by atoms with Crippen molar-refractivity contribution in [2.24, 2.45) is 31.8 Å². The van der Waals surface area contributed by atoms with Crippen LogP contribution in [-0.2, 0) is 23.7 Å². The third kappa shape index (κ3) is 5.46. The molecule has 2 aliphatic rings. The van der Waals surface area contributed by atoms with Crippen molar-refractivity contribution in [1.29, 1.82) is 0 Å². The summed E-state index contributed by atoms with van der Waals surface area (Å²) in [6, 6.07) is -1.05. The molecular weight excluding hydrogens is 376 g/mol. The van der Waals surface area contributed by atoms with Gasteiger partial charge in [0, 0.05) is 0 Å². The first kappa shape index (κ1) is 23.1. The molecule has 0 saturated heterocycles. The monoisotopic (exact) mass is 410 g/mol. The van der Waals surface area contributed by atoms with Crippen molar-refractivity contribution in [2.75, 3.05) is 41.7 Å². The summed E-state index contributed by atoms with van der Waals surface area (Å²) in [4.78, 5) is 18.6. The summed E-state index contributed by atoms with van der Waals surface area (Å²) in [5.74, 6) is 2.75. The second-order valence-corrected chi connectivity index (χ2v) is 7.63. The van der Waals surface area contributed by atoms with E-state index in [2.05, 4.69) is 47.7 Å². The van der Waals surface area contributed by atoms with Crippen LogP contribution in [0.25, 0.3) is 0 Å². The Kier molecular flexibility index (Phi) is 8.43. The fraction of sp³-hybridized carbons (Fsp3) is 0.800. The Morgan fingerprint density at radius 1 is 0.586 bits per heavy atom. The van der Waals surface area contributed by atoms with Crippen molar-refractivity contribution >= 4 is 23.6 Å². The molecule has 0 spiro atoms. The summed E-state index contributed by atoms with van der Waals surface area (Å²) in [7, 11) is 6.40. The van der Waals surface area contributed by atoms with E-state index in [1.807, 2.05) is 0 Å². The Balaban J connectivity index is 2.06. The number of hydrogen-bond donors (Lipinski definition) is 0. The van der Waals surface area contributed by atoms with Crippen molar-refractivity contribution in [2.45, 2.75) is 51.9 Å². The van der Waals surface area contributed by atoms with Crippen LogP contribution in [0.5, 0.6) is 0 Å². The van der Waals surface area contributed by atoms with Crippen LogP contribution in [-0.4, -0.2) is 89.4 Å². The van der Waals surface area contributed by atoms with E-state index in [-0.39, 0.29) is 49.2 Å². The molecular formula is C20H34N4O5. The lowest BCUT2D eigenvalue weighted by Crippen LogP contribution is -2.41. The highest BCUT2D eigenvalue weighted by Crippen LogP contribution is 2.20. The van der Waals surface area contributed by atoms with Crippen LogP contribution in [0.4, 0.5) is 0 Å². The molecule has 0 aliphatic carbocycles. The van der Waals surface area contributed by atoms with Gasteiger partial charge in [0.05, 0.1) is 41.7 Å². The summed E-state index contributed by atoms with van der Waals surface area (Å²) in [5.41, 5.74) is 0. The first-order chi connectivity index (χ1) is 13.9. The highest BCUT2D eigenvalue weighted by atomic mass is 16.5. The second kappa shape index (κ2) is 10.6. The molecule has 9 heteroatoms. The molecule has 0 aromatic carbocycles. The molecule has 0 unspecified atom stereocenters. The molecule has 2 rings (SSSR count). The summed E-state index contributed by atoms with van der Waals surface area (Å²) < 4.78 is 27.7. The zero-order valence-electron chi connectivity index (χ0n) is 18.7. The zero-order chi connectivity index (χ0) is 21.6. The molecule has 0 fully saturated rings. The Hall–Kier alpha value is -2.16. The van der Waals surface area contributed by atoms with Crippen molar-refractivity contribution < 1.29 is 23.7 Å². The van der Waals surface area contributed by atoms with Gasteiger partial charge in [0.2, 0.25) is 23.6 Å². The van der Waals surface area contributed by atoms with Gasteiger partial charge in [0.1, 0.15) is 12.1 Å². The molecule has 29 heavy (non-hydrogen) atoms. The quantitative estimate of drug-likeness (QED) is 0.667. The van der Waals surface area contributed by atoms with Gasteiger partial charge in [-0.15, -0.1) is 0 Å². The summed E-state index contributed by atoms with van der Waals surface area (Å²) in [6.45, 7) is 8.83. The van der Waals surface area contributed by atoms with E-state index < -0.39 is 0 Å². The van der Waals surface area contributed by atoms with Crippen LogP contribution < -0.4 is 0 Å². The second-order valence-electron chi connectivity index (χ2n) is 7.63. The number of rotatable bonds is 6. The van der Waals surface area contributed by atoms with Gasteiger partial charge in [-0.1, -0.05) is 27.7 Å². The number of methoxy groups -OCH3 is 4. The molecule has 4 atom stereocenters.